The number of alkyl halides is 3. The lowest BCUT2D eigenvalue weighted by Crippen LogP contribution is -2.45. The van der Waals surface area contributed by atoms with E-state index < -0.39 is 11.9 Å². The predicted molar refractivity (Wildman–Crippen MR) is 86.9 cm³/mol. The first-order valence-electron chi connectivity index (χ1n) is 8.10. The molecule has 0 saturated heterocycles. The van der Waals surface area contributed by atoms with Crippen molar-refractivity contribution in [2.75, 3.05) is 25.5 Å². The first-order valence-corrected chi connectivity index (χ1v) is 8.10. The second-order valence-corrected chi connectivity index (χ2v) is 5.67. The summed E-state index contributed by atoms with van der Waals surface area (Å²) < 4.78 is 37.7. The van der Waals surface area contributed by atoms with E-state index in [1.807, 2.05) is 0 Å². The van der Waals surface area contributed by atoms with E-state index in [-0.39, 0.29) is 5.95 Å². The van der Waals surface area contributed by atoms with Crippen molar-refractivity contribution in [2.24, 2.45) is 4.99 Å². The molecule has 24 heavy (non-hydrogen) atoms. The highest BCUT2D eigenvalue weighted by atomic mass is 19.4. The van der Waals surface area contributed by atoms with Gasteiger partial charge >= 0.3 is 6.18 Å². The summed E-state index contributed by atoms with van der Waals surface area (Å²) >= 11 is 0. The first-order chi connectivity index (χ1) is 11.5. The van der Waals surface area contributed by atoms with Gasteiger partial charge in [0.05, 0.1) is 0 Å². The number of guanidine groups is 1. The SMILES string of the molecule is CN=C(NCCNc1nccc(C(F)(F)F)n1)NC1CCCCC1. The van der Waals surface area contributed by atoms with Crippen LogP contribution in [-0.4, -0.2) is 42.1 Å². The molecule has 0 aromatic carbocycles. The summed E-state index contributed by atoms with van der Waals surface area (Å²) in [6.45, 7) is 0.874. The molecular weight excluding hydrogens is 321 g/mol. The molecule has 0 spiro atoms. The Morgan fingerprint density at radius 3 is 2.67 bits per heavy atom. The van der Waals surface area contributed by atoms with Crippen molar-refractivity contribution >= 4 is 11.9 Å². The smallest absolute Gasteiger partial charge is 0.355 e. The molecule has 0 bridgehead atoms. The average molecular weight is 344 g/mol. The number of halogens is 3. The number of nitrogens with one attached hydrogen (secondary N) is 3. The molecule has 0 aliphatic heterocycles. The van der Waals surface area contributed by atoms with Gasteiger partial charge in [0.15, 0.2) is 5.96 Å². The van der Waals surface area contributed by atoms with E-state index in [0.29, 0.717) is 25.1 Å². The standard InChI is InChI=1S/C15H23F3N6/c1-19-13(23-11-5-3-2-4-6-11)21-9-10-22-14-20-8-7-12(24-14)15(16,17)18/h7-8,11H,2-6,9-10H2,1H3,(H2,19,21,23)(H,20,22,24). The summed E-state index contributed by atoms with van der Waals surface area (Å²) in [5.41, 5.74) is -0.956. The Morgan fingerprint density at radius 1 is 1.25 bits per heavy atom. The third kappa shape index (κ3) is 5.86. The molecule has 0 atom stereocenters. The summed E-state index contributed by atoms with van der Waals surface area (Å²) in [5.74, 6) is 0.663. The van der Waals surface area contributed by atoms with E-state index >= 15 is 0 Å². The van der Waals surface area contributed by atoms with E-state index in [9.17, 15) is 13.2 Å². The minimum atomic E-state index is -4.47. The molecule has 0 unspecified atom stereocenters. The van der Waals surface area contributed by atoms with Crippen LogP contribution in [0.5, 0.6) is 0 Å². The van der Waals surface area contributed by atoms with Gasteiger partial charge in [0, 0.05) is 32.4 Å². The second-order valence-electron chi connectivity index (χ2n) is 5.67. The zero-order valence-electron chi connectivity index (χ0n) is 13.7. The summed E-state index contributed by atoms with van der Waals surface area (Å²) in [6.07, 6.45) is 2.63. The molecule has 9 heteroatoms. The number of rotatable bonds is 5. The minimum Gasteiger partial charge on any atom is -0.355 e. The highest BCUT2D eigenvalue weighted by Gasteiger charge is 2.32. The van der Waals surface area contributed by atoms with Crippen LogP contribution in [0.4, 0.5) is 19.1 Å². The van der Waals surface area contributed by atoms with Crippen LogP contribution in [0.25, 0.3) is 0 Å². The van der Waals surface area contributed by atoms with Crippen molar-refractivity contribution in [3.63, 3.8) is 0 Å². The minimum absolute atomic E-state index is 0.0400. The maximum Gasteiger partial charge on any atom is 0.433 e. The van der Waals surface area contributed by atoms with Gasteiger partial charge in [0.25, 0.3) is 0 Å². The van der Waals surface area contributed by atoms with E-state index in [1.54, 1.807) is 7.05 Å². The molecule has 1 aromatic rings. The molecule has 2 rings (SSSR count). The Hall–Kier alpha value is -2.06. The molecule has 1 heterocycles. The van der Waals surface area contributed by atoms with Gasteiger partial charge < -0.3 is 16.0 Å². The van der Waals surface area contributed by atoms with Crippen LogP contribution in [0.1, 0.15) is 37.8 Å². The Bertz CT molecular complexity index is 540. The van der Waals surface area contributed by atoms with E-state index in [2.05, 4.69) is 30.9 Å². The third-order valence-electron chi connectivity index (χ3n) is 3.82. The highest BCUT2D eigenvalue weighted by Crippen LogP contribution is 2.27. The van der Waals surface area contributed by atoms with Crippen molar-refractivity contribution in [3.05, 3.63) is 18.0 Å². The molecule has 1 aromatic heterocycles. The number of aliphatic imine (C=N–C) groups is 1. The quantitative estimate of drug-likeness (QED) is 0.435. The monoisotopic (exact) mass is 344 g/mol. The summed E-state index contributed by atoms with van der Waals surface area (Å²) in [4.78, 5) is 11.4. The number of aromatic nitrogens is 2. The van der Waals surface area contributed by atoms with Crippen molar-refractivity contribution in [1.29, 1.82) is 0 Å². The predicted octanol–water partition coefficient (Wildman–Crippen LogP) is 2.41. The van der Waals surface area contributed by atoms with Gasteiger partial charge in [0.1, 0.15) is 5.69 Å². The number of hydrogen-bond donors (Lipinski definition) is 3. The first kappa shape index (κ1) is 18.3. The third-order valence-corrected chi connectivity index (χ3v) is 3.82. The van der Waals surface area contributed by atoms with Crippen LogP contribution < -0.4 is 16.0 Å². The van der Waals surface area contributed by atoms with Crippen LogP contribution in [0, 0.1) is 0 Å². The van der Waals surface area contributed by atoms with Crippen molar-refractivity contribution in [2.45, 2.75) is 44.3 Å². The van der Waals surface area contributed by atoms with Crippen LogP contribution >= 0.6 is 0 Å². The van der Waals surface area contributed by atoms with Gasteiger partial charge in [-0.3, -0.25) is 4.99 Å². The Balaban J connectivity index is 1.73. The molecule has 1 fully saturated rings. The van der Waals surface area contributed by atoms with Crippen LogP contribution in [0.2, 0.25) is 0 Å². The van der Waals surface area contributed by atoms with Gasteiger partial charge in [-0.05, 0) is 18.9 Å². The lowest BCUT2D eigenvalue weighted by Gasteiger charge is -2.24. The molecule has 1 aliphatic carbocycles. The molecule has 3 N–H and O–H groups in total. The topological polar surface area (TPSA) is 74.2 Å². The maximum atomic E-state index is 12.6. The fraction of sp³-hybridized carbons (Fsp3) is 0.667. The Morgan fingerprint density at radius 2 is 2.00 bits per heavy atom. The number of hydrogen-bond acceptors (Lipinski definition) is 4. The van der Waals surface area contributed by atoms with Gasteiger partial charge in [-0.1, -0.05) is 19.3 Å². The normalized spacial score (nSPS) is 16.8. The van der Waals surface area contributed by atoms with Crippen LogP contribution in [0.15, 0.2) is 17.3 Å². The Labute approximate surface area is 139 Å². The lowest BCUT2D eigenvalue weighted by molar-refractivity contribution is -0.141. The number of anilines is 1. The maximum absolute atomic E-state index is 12.6. The fourth-order valence-corrected chi connectivity index (χ4v) is 2.59. The van der Waals surface area contributed by atoms with E-state index in [1.165, 1.54) is 19.3 Å². The molecule has 0 radical (unpaired) electrons. The molecule has 0 amide bonds. The van der Waals surface area contributed by atoms with Crippen LogP contribution in [0.3, 0.4) is 0 Å². The fourth-order valence-electron chi connectivity index (χ4n) is 2.59. The molecule has 134 valence electrons. The van der Waals surface area contributed by atoms with Crippen molar-refractivity contribution in [3.8, 4) is 0 Å². The summed E-state index contributed by atoms with van der Waals surface area (Å²) in [5, 5.41) is 9.27. The molecular formula is C15H23F3N6. The Kier molecular flexibility index (Phi) is 6.62. The highest BCUT2D eigenvalue weighted by molar-refractivity contribution is 5.79. The van der Waals surface area contributed by atoms with Crippen LogP contribution in [-0.2, 0) is 6.18 Å². The van der Waals surface area contributed by atoms with E-state index in [0.717, 1.165) is 25.1 Å². The van der Waals surface area contributed by atoms with E-state index in [4.69, 9.17) is 0 Å². The molecule has 1 saturated carbocycles. The molecule has 6 nitrogen and oxygen atoms in total. The van der Waals surface area contributed by atoms with Gasteiger partial charge in [-0.15, -0.1) is 0 Å². The van der Waals surface area contributed by atoms with Gasteiger partial charge in [-0.25, -0.2) is 9.97 Å². The lowest BCUT2D eigenvalue weighted by atomic mass is 9.96. The zero-order chi connectivity index (χ0) is 17.4. The number of nitrogens with zero attached hydrogens (tertiary/aromatic N) is 3. The second kappa shape index (κ2) is 8.70. The largest absolute Gasteiger partial charge is 0.433 e. The summed E-state index contributed by atoms with van der Waals surface area (Å²) in [6, 6.07) is 1.28. The zero-order valence-corrected chi connectivity index (χ0v) is 13.7. The van der Waals surface area contributed by atoms with Gasteiger partial charge in [-0.2, -0.15) is 13.2 Å². The van der Waals surface area contributed by atoms with Crippen molar-refractivity contribution in [1.82, 2.24) is 20.6 Å². The van der Waals surface area contributed by atoms with Gasteiger partial charge in [0.2, 0.25) is 5.95 Å². The van der Waals surface area contributed by atoms with Crippen molar-refractivity contribution < 1.29 is 13.2 Å². The average Bonchev–Trinajstić information content (AvgIpc) is 2.58. The summed E-state index contributed by atoms with van der Waals surface area (Å²) in [7, 11) is 1.70. The molecule has 1 aliphatic rings.